The molecule has 1 aromatic carbocycles. The van der Waals surface area contributed by atoms with E-state index in [-0.39, 0.29) is 18.1 Å². The van der Waals surface area contributed by atoms with Crippen LogP contribution in [-0.4, -0.2) is 30.2 Å². The molecular weight excluding hydrogens is 222 g/mol. The van der Waals surface area contributed by atoms with Crippen molar-refractivity contribution in [2.45, 2.75) is 12.5 Å². The number of carboxylic acids is 1. The second kappa shape index (κ2) is 4.18. The first kappa shape index (κ1) is 11.6. The maximum Gasteiger partial charge on any atom is 0.335 e. The highest BCUT2D eigenvalue weighted by Gasteiger charge is 2.33. The molecule has 1 saturated heterocycles. The van der Waals surface area contributed by atoms with Crippen molar-refractivity contribution in [3.63, 3.8) is 0 Å². The van der Waals surface area contributed by atoms with Gasteiger partial charge in [-0.15, -0.1) is 0 Å². The summed E-state index contributed by atoms with van der Waals surface area (Å²) in [5.41, 5.74) is 0.259. The molecule has 1 heterocycles. The van der Waals surface area contributed by atoms with E-state index in [9.17, 15) is 9.59 Å². The number of carboxylic acid groups (broad SMARTS) is 1. The predicted molar refractivity (Wildman–Crippen MR) is 59.7 cm³/mol. The van der Waals surface area contributed by atoms with Crippen LogP contribution in [0.25, 0.3) is 0 Å². The van der Waals surface area contributed by atoms with Crippen LogP contribution in [0.2, 0.25) is 0 Å². The smallest absolute Gasteiger partial charge is 0.335 e. The predicted octanol–water partition coefficient (Wildman–Crippen LogP) is 0.746. The lowest BCUT2D eigenvalue weighted by molar-refractivity contribution is -0.135. The molecule has 90 valence electrons. The van der Waals surface area contributed by atoms with E-state index in [0.717, 1.165) is 5.56 Å². The number of hydrogen-bond acceptors (Lipinski definition) is 3. The Morgan fingerprint density at radius 3 is 2.94 bits per heavy atom. The van der Waals surface area contributed by atoms with Gasteiger partial charge in [-0.2, -0.15) is 0 Å². The summed E-state index contributed by atoms with van der Waals surface area (Å²) >= 11 is 0. The Bertz CT molecular complexity index is 471. The zero-order valence-electron chi connectivity index (χ0n) is 9.40. The fraction of sp³-hybridized carbons (Fsp3) is 0.333. The van der Waals surface area contributed by atoms with Gasteiger partial charge in [-0.1, -0.05) is 12.1 Å². The summed E-state index contributed by atoms with van der Waals surface area (Å²) in [5.74, 6) is -1.18. The number of nitrogens with one attached hydrogen (secondary N) is 1. The van der Waals surface area contributed by atoms with E-state index in [2.05, 4.69) is 5.32 Å². The minimum atomic E-state index is -0.987. The minimum absolute atomic E-state index is 0.0498. The molecule has 2 N–H and O–H groups in total. The Kier molecular flexibility index (Phi) is 2.85. The quantitative estimate of drug-likeness (QED) is 0.793. The normalized spacial score (nSPS) is 24.2. The van der Waals surface area contributed by atoms with Crippen LogP contribution < -0.4 is 5.32 Å². The molecule has 5 nitrogen and oxygen atoms in total. The molecule has 0 saturated carbocycles. The lowest BCUT2D eigenvalue weighted by Gasteiger charge is -2.34. The van der Waals surface area contributed by atoms with E-state index in [1.54, 1.807) is 18.2 Å². The molecule has 0 radical (unpaired) electrons. The van der Waals surface area contributed by atoms with Gasteiger partial charge in [0.25, 0.3) is 0 Å². The molecule has 17 heavy (non-hydrogen) atoms. The number of rotatable bonds is 2. The average Bonchev–Trinajstić information content (AvgIpc) is 2.29. The van der Waals surface area contributed by atoms with Gasteiger partial charge in [0.15, 0.2) is 0 Å². The molecule has 1 aliphatic heterocycles. The third-order valence-corrected chi connectivity index (χ3v) is 2.79. The van der Waals surface area contributed by atoms with Crippen LogP contribution >= 0.6 is 0 Å². The molecule has 1 aliphatic rings. The van der Waals surface area contributed by atoms with Crippen molar-refractivity contribution in [3.05, 3.63) is 35.4 Å². The zero-order chi connectivity index (χ0) is 12.5. The minimum Gasteiger partial charge on any atom is -0.478 e. The molecule has 1 amide bonds. The summed E-state index contributed by atoms with van der Waals surface area (Å²) < 4.78 is 5.19. The number of carbonyl (C=O) groups is 2. The largest absolute Gasteiger partial charge is 0.478 e. The molecule has 0 aliphatic carbocycles. The van der Waals surface area contributed by atoms with E-state index in [1.165, 1.54) is 6.07 Å². The Balaban J connectivity index is 2.35. The van der Waals surface area contributed by atoms with Crippen LogP contribution in [0.4, 0.5) is 0 Å². The topological polar surface area (TPSA) is 75.6 Å². The summed E-state index contributed by atoms with van der Waals surface area (Å²) in [5, 5.41) is 11.7. The number of amides is 1. The highest BCUT2D eigenvalue weighted by atomic mass is 16.5. The molecule has 5 heteroatoms. The van der Waals surface area contributed by atoms with Gasteiger partial charge < -0.3 is 15.2 Å². The number of carbonyl (C=O) groups excluding carboxylic acids is 1. The van der Waals surface area contributed by atoms with Gasteiger partial charge in [0, 0.05) is 0 Å². The maximum absolute atomic E-state index is 11.3. The monoisotopic (exact) mass is 235 g/mol. The van der Waals surface area contributed by atoms with E-state index in [0.29, 0.717) is 6.61 Å². The number of hydrogen-bond donors (Lipinski definition) is 2. The Morgan fingerprint density at radius 1 is 1.53 bits per heavy atom. The fourth-order valence-electron chi connectivity index (χ4n) is 1.88. The van der Waals surface area contributed by atoms with Crippen molar-refractivity contribution in [3.8, 4) is 0 Å². The van der Waals surface area contributed by atoms with Gasteiger partial charge in [-0.25, -0.2) is 4.79 Å². The third kappa shape index (κ3) is 2.29. The van der Waals surface area contributed by atoms with Crippen molar-refractivity contribution in [2.24, 2.45) is 0 Å². The molecular formula is C12H13NO4. The van der Waals surface area contributed by atoms with Gasteiger partial charge in [0.05, 0.1) is 17.7 Å². The van der Waals surface area contributed by atoms with Gasteiger partial charge in [-0.3, -0.25) is 4.79 Å². The van der Waals surface area contributed by atoms with Crippen LogP contribution in [0, 0.1) is 0 Å². The van der Waals surface area contributed by atoms with Crippen molar-refractivity contribution in [1.82, 2.24) is 5.32 Å². The molecule has 1 fully saturated rings. The fourth-order valence-corrected chi connectivity index (χ4v) is 1.88. The summed E-state index contributed by atoms with van der Waals surface area (Å²) in [7, 11) is 0. The Hall–Kier alpha value is -1.88. The SMILES string of the molecule is C[C@]1(c2cccc(C(=O)O)c2)COCC(=O)N1. The highest BCUT2D eigenvalue weighted by molar-refractivity contribution is 5.88. The molecule has 0 unspecified atom stereocenters. The number of benzene rings is 1. The summed E-state index contributed by atoms with van der Waals surface area (Å²) in [6.45, 7) is 2.20. The number of ether oxygens (including phenoxy) is 1. The van der Waals surface area contributed by atoms with Crippen LogP contribution in [0.5, 0.6) is 0 Å². The van der Waals surface area contributed by atoms with Crippen LogP contribution in [0.15, 0.2) is 24.3 Å². The van der Waals surface area contributed by atoms with Gasteiger partial charge in [0.2, 0.25) is 5.91 Å². The first-order valence-corrected chi connectivity index (χ1v) is 5.24. The maximum atomic E-state index is 11.3. The van der Waals surface area contributed by atoms with E-state index < -0.39 is 11.5 Å². The van der Waals surface area contributed by atoms with E-state index in [4.69, 9.17) is 9.84 Å². The first-order valence-electron chi connectivity index (χ1n) is 5.24. The Labute approximate surface area is 98.4 Å². The van der Waals surface area contributed by atoms with E-state index in [1.807, 2.05) is 6.92 Å². The zero-order valence-corrected chi connectivity index (χ0v) is 9.40. The average molecular weight is 235 g/mol. The van der Waals surface area contributed by atoms with Gasteiger partial charge in [-0.05, 0) is 24.6 Å². The number of morpholine rings is 1. The third-order valence-electron chi connectivity index (χ3n) is 2.79. The van der Waals surface area contributed by atoms with Gasteiger partial charge in [0.1, 0.15) is 6.61 Å². The molecule has 1 atom stereocenters. The molecule has 1 aromatic rings. The van der Waals surface area contributed by atoms with E-state index >= 15 is 0 Å². The first-order chi connectivity index (χ1) is 8.01. The van der Waals surface area contributed by atoms with Crippen LogP contribution in [0.3, 0.4) is 0 Å². The van der Waals surface area contributed by atoms with Crippen molar-refractivity contribution < 1.29 is 19.4 Å². The number of aromatic carboxylic acids is 1. The lowest BCUT2D eigenvalue weighted by atomic mass is 9.90. The molecule has 0 spiro atoms. The van der Waals surface area contributed by atoms with Crippen molar-refractivity contribution >= 4 is 11.9 Å². The molecule has 0 bridgehead atoms. The molecule has 0 aromatic heterocycles. The second-order valence-electron chi connectivity index (χ2n) is 4.26. The lowest BCUT2D eigenvalue weighted by Crippen LogP contribution is -2.52. The van der Waals surface area contributed by atoms with Gasteiger partial charge >= 0.3 is 5.97 Å². The van der Waals surface area contributed by atoms with Crippen molar-refractivity contribution in [2.75, 3.05) is 13.2 Å². The molecule has 2 rings (SSSR count). The summed E-state index contributed by atoms with van der Waals surface area (Å²) in [6.07, 6.45) is 0. The van der Waals surface area contributed by atoms with Crippen LogP contribution in [0.1, 0.15) is 22.8 Å². The summed E-state index contributed by atoms with van der Waals surface area (Å²) in [6, 6.07) is 6.50. The summed E-state index contributed by atoms with van der Waals surface area (Å²) in [4.78, 5) is 22.2. The van der Waals surface area contributed by atoms with Crippen LogP contribution in [-0.2, 0) is 15.1 Å². The standard InChI is InChI=1S/C12H13NO4/c1-12(7-17-6-10(14)13-12)9-4-2-3-8(5-9)11(15)16/h2-5H,6-7H2,1H3,(H,13,14)(H,15,16)/t12-/m1/s1. The van der Waals surface area contributed by atoms with Crippen molar-refractivity contribution in [1.29, 1.82) is 0 Å². The Morgan fingerprint density at radius 2 is 2.29 bits per heavy atom. The second-order valence-corrected chi connectivity index (χ2v) is 4.26. The highest BCUT2D eigenvalue weighted by Crippen LogP contribution is 2.24.